The van der Waals surface area contributed by atoms with Crippen molar-refractivity contribution in [1.82, 2.24) is 0 Å². The number of Topliss-reactive ketones (excluding diaryl/α,β-unsaturated/α-hetero) is 1. The van der Waals surface area contributed by atoms with Crippen LogP contribution in [0, 0.1) is 17.8 Å². The third-order valence-corrected chi connectivity index (χ3v) is 5.84. The topological polar surface area (TPSA) is 60.4 Å². The van der Waals surface area contributed by atoms with Crippen molar-refractivity contribution in [3.05, 3.63) is 30.3 Å². The zero-order valence-corrected chi connectivity index (χ0v) is 14.0. The Hall–Kier alpha value is -1.20. The van der Waals surface area contributed by atoms with E-state index in [1.54, 1.807) is 18.2 Å². The molecule has 0 radical (unpaired) electrons. The van der Waals surface area contributed by atoms with E-state index in [0.29, 0.717) is 11.8 Å². The minimum absolute atomic E-state index is 0.0547. The molecule has 0 atom stereocenters. The number of carbonyl (C=O) groups excluding carboxylic acids is 1. The monoisotopic (exact) mass is 324 g/mol. The Morgan fingerprint density at radius 2 is 1.73 bits per heavy atom. The minimum atomic E-state index is -3.84. The maximum absolute atomic E-state index is 12.2. The third-order valence-electron chi connectivity index (χ3n) is 4.56. The molecule has 5 heteroatoms. The first kappa shape index (κ1) is 17.2. The highest BCUT2D eigenvalue weighted by molar-refractivity contribution is 7.86. The lowest BCUT2D eigenvalue weighted by atomic mass is 9.76. The van der Waals surface area contributed by atoms with Gasteiger partial charge in [-0.25, -0.2) is 0 Å². The smallest absolute Gasteiger partial charge is 0.297 e. The Kier molecular flexibility index (Phi) is 5.75. The van der Waals surface area contributed by atoms with Crippen molar-refractivity contribution in [2.45, 2.75) is 44.4 Å². The molecule has 2 rings (SSSR count). The van der Waals surface area contributed by atoms with Gasteiger partial charge < -0.3 is 0 Å². The second-order valence-electron chi connectivity index (χ2n) is 6.35. The van der Waals surface area contributed by atoms with Gasteiger partial charge in [-0.3, -0.25) is 8.98 Å². The molecule has 1 aliphatic rings. The first-order valence-corrected chi connectivity index (χ1v) is 9.28. The fourth-order valence-corrected chi connectivity index (χ4v) is 3.91. The lowest BCUT2D eigenvalue weighted by molar-refractivity contribution is -0.126. The van der Waals surface area contributed by atoms with Gasteiger partial charge in [-0.15, -0.1) is 0 Å². The van der Waals surface area contributed by atoms with E-state index in [2.05, 4.69) is 13.8 Å². The van der Waals surface area contributed by atoms with Crippen molar-refractivity contribution in [2.24, 2.45) is 17.8 Å². The van der Waals surface area contributed by atoms with Crippen molar-refractivity contribution in [3.63, 3.8) is 0 Å². The highest BCUT2D eigenvalue weighted by atomic mass is 32.2. The van der Waals surface area contributed by atoms with Crippen LogP contribution < -0.4 is 0 Å². The first-order valence-electron chi connectivity index (χ1n) is 7.87. The van der Waals surface area contributed by atoms with Gasteiger partial charge in [0.25, 0.3) is 10.1 Å². The lowest BCUT2D eigenvalue weighted by Gasteiger charge is -2.29. The van der Waals surface area contributed by atoms with Crippen LogP contribution in [-0.4, -0.2) is 20.8 Å². The Balaban J connectivity index is 1.86. The van der Waals surface area contributed by atoms with Gasteiger partial charge in [0.15, 0.2) is 5.78 Å². The number of hydrogen-bond acceptors (Lipinski definition) is 4. The normalized spacial score (nSPS) is 22.7. The highest BCUT2D eigenvalue weighted by Crippen LogP contribution is 2.33. The van der Waals surface area contributed by atoms with Crippen LogP contribution >= 0.6 is 0 Å². The average molecular weight is 324 g/mol. The first-order chi connectivity index (χ1) is 10.4. The zero-order chi connectivity index (χ0) is 16.2. The van der Waals surface area contributed by atoms with Gasteiger partial charge in [0.05, 0.1) is 4.90 Å². The van der Waals surface area contributed by atoms with E-state index in [0.717, 1.165) is 25.7 Å². The molecule has 0 N–H and O–H groups in total. The summed E-state index contributed by atoms with van der Waals surface area (Å²) in [7, 11) is -3.84. The van der Waals surface area contributed by atoms with Gasteiger partial charge >= 0.3 is 0 Å². The van der Waals surface area contributed by atoms with E-state index >= 15 is 0 Å². The van der Waals surface area contributed by atoms with Crippen LogP contribution in [0.3, 0.4) is 0 Å². The van der Waals surface area contributed by atoms with E-state index in [4.69, 9.17) is 4.18 Å². The molecule has 0 unspecified atom stereocenters. The van der Waals surface area contributed by atoms with Crippen LogP contribution in [0.1, 0.15) is 39.5 Å². The molecule has 1 aromatic carbocycles. The molecule has 0 aliphatic heterocycles. The number of ketones is 1. The quantitative estimate of drug-likeness (QED) is 0.752. The maximum atomic E-state index is 12.2. The summed E-state index contributed by atoms with van der Waals surface area (Å²) in [6.07, 6.45) is 3.77. The SMILES string of the molecule is CC(C)[C@H]1CC[C@H](C(=O)COS(=O)(=O)c2ccccc2)CC1. The summed E-state index contributed by atoms with van der Waals surface area (Å²) in [5.41, 5.74) is 0. The van der Waals surface area contributed by atoms with Crippen molar-refractivity contribution < 1.29 is 17.4 Å². The summed E-state index contributed by atoms with van der Waals surface area (Å²) in [6.45, 7) is 4.07. The van der Waals surface area contributed by atoms with Crippen LogP contribution in [0.15, 0.2) is 35.2 Å². The Bertz CT molecular complexity index is 584. The second-order valence-corrected chi connectivity index (χ2v) is 7.97. The number of hydrogen-bond donors (Lipinski definition) is 0. The van der Waals surface area contributed by atoms with Crippen molar-refractivity contribution in [2.75, 3.05) is 6.61 Å². The zero-order valence-electron chi connectivity index (χ0n) is 13.2. The number of benzene rings is 1. The summed E-state index contributed by atoms with van der Waals surface area (Å²) in [4.78, 5) is 12.3. The molecular formula is C17H24O4S. The third kappa shape index (κ3) is 4.40. The van der Waals surface area contributed by atoms with E-state index in [9.17, 15) is 13.2 Å². The molecule has 1 saturated carbocycles. The maximum Gasteiger partial charge on any atom is 0.297 e. The molecule has 0 saturated heterocycles. The van der Waals surface area contributed by atoms with E-state index < -0.39 is 10.1 Å². The van der Waals surface area contributed by atoms with E-state index in [1.807, 2.05) is 0 Å². The van der Waals surface area contributed by atoms with Gasteiger partial charge in [0, 0.05) is 5.92 Å². The van der Waals surface area contributed by atoms with E-state index in [-0.39, 0.29) is 23.2 Å². The Morgan fingerprint density at radius 3 is 2.27 bits per heavy atom. The highest BCUT2D eigenvalue weighted by Gasteiger charge is 2.28. The van der Waals surface area contributed by atoms with Crippen LogP contribution in [0.5, 0.6) is 0 Å². The molecule has 0 amide bonds. The summed E-state index contributed by atoms with van der Waals surface area (Å²) < 4.78 is 28.9. The van der Waals surface area contributed by atoms with Crippen molar-refractivity contribution >= 4 is 15.9 Å². The summed E-state index contributed by atoms with van der Waals surface area (Å²) >= 11 is 0. The van der Waals surface area contributed by atoms with Gasteiger partial charge in [0.1, 0.15) is 6.61 Å². The van der Waals surface area contributed by atoms with Crippen molar-refractivity contribution in [3.8, 4) is 0 Å². The number of rotatable bonds is 6. The fraction of sp³-hybridized carbons (Fsp3) is 0.588. The van der Waals surface area contributed by atoms with E-state index in [1.165, 1.54) is 12.1 Å². The molecule has 4 nitrogen and oxygen atoms in total. The van der Waals surface area contributed by atoms with Crippen LogP contribution in [0.25, 0.3) is 0 Å². The molecule has 1 aliphatic carbocycles. The predicted molar refractivity (Wildman–Crippen MR) is 84.9 cm³/mol. The van der Waals surface area contributed by atoms with Gasteiger partial charge in [-0.1, -0.05) is 32.0 Å². The Morgan fingerprint density at radius 1 is 1.14 bits per heavy atom. The predicted octanol–water partition coefficient (Wildman–Crippen LogP) is 3.42. The van der Waals surface area contributed by atoms with Crippen molar-refractivity contribution in [1.29, 1.82) is 0 Å². The molecule has 122 valence electrons. The molecular weight excluding hydrogens is 300 g/mol. The molecule has 0 spiro atoms. The molecule has 22 heavy (non-hydrogen) atoms. The van der Waals surface area contributed by atoms with Crippen LogP contribution in [0.2, 0.25) is 0 Å². The lowest BCUT2D eigenvalue weighted by Crippen LogP contribution is -2.27. The molecule has 0 aromatic heterocycles. The van der Waals surface area contributed by atoms with Crippen LogP contribution in [0.4, 0.5) is 0 Å². The van der Waals surface area contributed by atoms with Gasteiger partial charge in [0.2, 0.25) is 0 Å². The summed E-state index contributed by atoms with van der Waals surface area (Å²) in [5, 5.41) is 0. The van der Waals surface area contributed by atoms with Gasteiger partial charge in [-0.05, 0) is 49.7 Å². The molecule has 1 fully saturated rings. The summed E-state index contributed by atoms with van der Waals surface area (Å²) in [6, 6.07) is 7.93. The molecule has 0 bridgehead atoms. The second kappa shape index (κ2) is 7.38. The minimum Gasteiger partial charge on any atom is -0.297 e. The average Bonchev–Trinajstić information content (AvgIpc) is 2.53. The van der Waals surface area contributed by atoms with Gasteiger partial charge in [-0.2, -0.15) is 8.42 Å². The number of carbonyl (C=O) groups is 1. The largest absolute Gasteiger partial charge is 0.297 e. The molecule has 1 aromatic rings. The summed E-state index contributed by atoms with van der Waals surface area (Å²) in [5.74, 6) is 1.17. The molecule has 0 heterocycles. The Labute approximate surface area is 133 Å². The standard InChI is InChI=1S/C17H24O4S/c1-13(2)14-8-10-15(11-9-14)17(18)12-21-22(19,20)16-6-4-3-5-7-16/h3-7,13-15H,8-12H2,1-2H3/t14-,15-. The van der Waals surface area contributed by atoms with Crippen LogP contribution in [-0.2, 0) is 19.1 Å². The fourth-order valence-electron chi connectivity index (χ4n) is 3.02.